The highest BCUT2D eigenvalue weighted by molar-refractivity contribution is 6.31. The van der Waals surface area contributed by atoms with E-state index in [-0.39, 0.29) is 110 Å². The summed E-state index contributed by atoms with van der Waals surface area (Å²) in [6.07, 6.45) is 18.8. The molecular weight excluding hydrogens is 1450 g/mol. The third kappa shape index (κ3) is 13.6. The highest BCUT2D eigenvalue weighted by Crippen LogP contribution is 2.79. The second-order valence-electron chi connectivity index (χ2n) is 40.2. The van der Waals surface area contributed by atoms with Gasteiger partial charge in [0, 0.05) is 86.9 Å². The number of allylic oxidation sites excluding steroid dienone is 4. The van der Waals surface area contributed by atoms with Crippen LogP contribution in [0.25, 0.3) is 23.2 Å². The number of halogens is 2. The number of esters is 2. The molecule has 1 unspecified atom stereocenters. The van der Waals surface area contributed by atoms with E-state index in [1.807, 2.05) is 16.1 Å². The molecule has 4 aromatic heterocycles. The predicted molar refractivity (Wildman–Crippen MR) is 431 cm³/mol. The summed E-state index contributed by atoms with van der Waals surface area (Å²) in [7, 11) is 0. The Morgan fingerprint density at radius 3 is 1.71 bits per heavy atom. The number of pyridine rings is 1. The molecule has 0 spiro atoms. The number of carbonyl (C=O) groups is 6. The first-order chi connectivity index (χ1) is 52.5. The molecule has 6 N–H and O–H groups in total. The summed E-state index contributed by atoms with van der Waals surface area (Å²) < 4.78 is 16.8. The fourth-order valence-electron chi connectivity index (χ4n) is 26.4. The Hall–Kier alpha value is -6.29. The molecule has 0 aromatic carbocycles. The van der Waals surface area contributed by atoms with Crippen LogP contribution in [0.3, 0.4) is 0 Å². The van der Waals surface area contributed by atoms with Crippen LogP contribution in [0.1, 0.15) is 270 Å². The van der Waals surface area contributed by atoms with Gasteiger partial charge in [0.05, 0.1) is 39.4 Å². The summed E-state index contributed by atoms with van der Waals surface area (Å²) in [6.45, 7) is 39.0. The Kier molecular flexibility index (Phi) is 22.4. The number of rotatable bonds is 26. The number of fused-ring (bicyclic) bond motifs is 12. The third-order valence-electron chi connectivity index (χ3n) is 33.0. The van der Waals surface area contributed by atoms with Gasteiger partial charge in [-0.3, -0.25) is 28.8 Å². The number of nitrogens with two attached hydrogens (primary N) is 2. The van der Waals surface area contributed by atoms with Gasteiger partial charge in [0.1, 0.15) is 29.6 Å². The second-order valence-corrected chi connectivity index (χ2v) is 41.1. The number of ketones is 2. The molecule has 9 aliphatic rings. The van der Waals surface area contributed by atoms with E-state index in [1.54, 1.807) is 45.3 Å². The average Bonchev–Trinajstić information content (AvgIpc) is 1.25. The van der Waals surface area contributed by atoms with Crippen LogP contribution >= 0.6 is 23.2 Å². The smallest absolute Gasteiger partial charge is 0.310 e. The number of nitrogens with zero attached hydrogens (tertiary/aromatic N) is 9. The quantitative estimate of drug-likeness (QED) is 0.0424. The molecule has 13 rings (SSSR count). The maximum absolute atomic E-state index is 14.9. The van der Waals surface area contributed by atoms with Crippen LogP contribution in [0.15, 0.2) is 46.8 Å². The van der Waals surface area contributed by atoms with E-state index < -0.39 is 58.1 Å². The summed E-state index contributed by atoms with van der Waals surface area (Å²) in [5.41, 5.74) is 13.5. The molecule has 4 heterocycles. The Morgan fingerprint density at radius 2 is 1.17 bits per heavy atom. The first-order valence-corrected chi connectivity index (χ1v) is 43.1. The van der Waals surface area contributed by atoms with Crippen molar-refractivity contribution in [2.45, 2.75) is 297 Å². The van der Waals surface area contributed by atoms with Crippen molar-refractivity contribution < 1.29 is 48.5 Å². The van der Waals surface area contributed by atoms with E-state index in [4.69, 9.17) is 64.4 Å². The Morgan fingerprint density at radius 1 is 0.634 bits per heavy atom. The van der Waals surface area contributed by atoms with Crippen LogP contribution in [-0.4, -0.2) is 115 Å². The normalized spacial score (nSPS) is 34.3. The van der Waals surface area contributed by atoms with E-state index in [9.17, 15) is 39.0 Å². The fraction of sp³-hybridized carbons (Fsp3) is 0.742. The van der Waals surface area contributed by atoms with Crippen molar-refractivity contribution in [2.75, 3.05) is 13.1 Å². The molecule has 612 valence electrons. The molecule has 112 heavy (non-hydrogen) atoms. The van der Waals surface area contributed by atoms with E-state index in [2.05, 4.69) is 105 Å². The zero-order valence-electron chi connectivity index (χ0n) is 70.0. The van der Waals surface area contributed by atoms with Crippen molar-refractivity contribution in [2.24, 2.45) is 118 Å². The van der Waals surface area contributed by atoms with Crippen LogP contribution in [-0.2, 0) is 70.6 Å². The molecule has 0 saturated heterocycles. The molecule has 17 atom stereocenters. The molecule has 7 fully saturated rings. The second kappa shape index (κ2) is 30.0. The highest BCUT2D eigenvalue weighted by Gasteiger charge is 2.72. The van der Waals surface area contributed by atoms with Gasteiger partial charge < -0.3 is 40.3 Å². The largest absolute Gasteiger partial charge is 0.481 e. The van der Waals surface area contributed by atoms with Gasteiger partial charge in [-0.05, 0) is 233 Å². The number of hydrogen-bond donors (Lipinski definition) is 4. The van der Waals surface area contributed by atoms with Gasteiger partial charge in [-0.15, -0.1) is 20.4 Å². The van der Waals surface area contributed by atoms with Crippen molar-refractivity contribution in [3.63, 3.8) is 0 Å². The van der Waals surface area contributed by atoms with Crippen LogP contribution < -0.4 is 11.5 Å². The van der Waals surface area contributed by atoms with Crippen molar-refractivity contribution in [1.29, 1.82) is 0 Å². The molecule has 9 aliphatic carbocycles. The number of ether oxygens (including phenoxy) is 2. The van der Waals surface area contributed by atoms with Gasteiger partial charge in [0.2, 0.25) is 5.82 Å². The van der Waals surface area contributed by atoms with Crippen molar-refractivity contribution in [3.8, 4) is 23.2 Å². The molecule has 0 aliphatic heterocycles. The zero-order valence-corrected chi connectivity index (χ0v) is 71.5. The molecule has 21 nitrogen and oxygen atoms in total. The molecule has 4 aromatic rings. The Labute approximate surface area is 673 Å². The lowest BCUT2D eigenvalue weighted by molar-refractivity contribution is -0.233. The third-order valence-corrected chi connectivity index (χ3v) is 33.5. The summed E-state index contributed by atoms with van der Waals surface area (Å²) >= 11 is 13.2. The number of Topliss-reactive ketones (excluding diaryl/α,β-unsaturated/α-hetero) is 2. The number of hydrogen-bond acceptors (Lipinski definition) is 17. The lowest BCUT2D eigenvalue weighted by atomic mass is 9.33. The summed E-state index contributed by atoms with van der Waals surface area (Å²) in [4.78, 5) is 97.3. The molecule has 0 amide bonds. The number of aromatic nitrogens is 9. The SMILES string of the molecule is CC[C@H](CC[C@@]1(C)[C@H](C)CC[C@]2(C)[C@@H]1CC[C@@H]1C3=C(C(C)C)C(=O)C[C@]3(Cc3nnc(-c4ncc(Cl)cn4)n3CCN)CC[C@]12C)OC(=O)CC(C)(Cc1nc(-c2nnc(C[C@@]34CC[C@]5(C)[C@H](CC[C@@H]6[C@@]7(C)CC[C@H](OC(=O)CC(C)(C)C(=O)O)C(C)(C)[C@@H]7CC[C@]65C)C3=C(C(C)C)C(=O)C4)n2CCN)ccc1Cl)C(=O)O. The standard InChI is InChI=1S/C89H127Cl2N11O10/c1-18-54(26-29-82(12)52(6)25-31-86(16)63(82)23-19-55-72-70(50(2)3)61(104)43-89(72,35-33-84(55,86)14)45-67-98-100-76(102(67)40-38-93)74-94-48-53(90)49-95-74)111-69(106)47-81(11,78(109)110)41-59-57(91)21-22-58(96-59)75-99-97-66(101(75)39-37-92)44-88-36-34-85(15)56(73(88)71(51(4)5)60(103)42-88)20-24-64-83(13)30-28-65(112-68(105)46-79(7,8)77(107)108)80(9,10)62(83)27-32-87(64,85)17/h21-22,48-52,54-56,62-65H,18-20,23-47,92-93H2,1-17H3,(H,107,108)(H,109,110)/t52-,54-,55-,56-,62+,63-,64-,65+,81?,82+,83+,84-,85-,86-,87-,88+,89+/m1/s1. The molecule has 7 saturated carbocycles. The lowest BCUT2D eigenvalue weighted by Crippen LogP contribution is -2.65. The monoisotopic (exact) mass is 1580 g/mol. The average molecular weight is 1580 g/mol. The molecule has 0 radical (unpaired) electrons. The highest BCUT2D eigenvalue weighted by atomic mass is 35.5. The van der Waals surface area contributed by atoms with Gasteiger partial charge >= 0.3 is 23.9 Å². The maximum Gasteiger partial charge on any atom is 0.310 e. The van der Waals surface area contributed by atoms with Crippen LogP contribution in [0.4, 0.5) is 0 Å². The first-order valence-electron chi connectivity index (χ1n) is 42.3. The van der Waals surface area contributed by atoms with Gasteiger partial charge in [-0.25, -0.2) is 15.0 Å². The minimum absolute atomic E-state index is 0.0169. The van der Waals surface area contributed by atoms with Crippen molar-refractivity contribution in [1.82, 2.24) is 44.5 Å². The Bertz CT molecular complexity index is 4430. The molecular formula is C89H127Cl2N11O10. The number of carboxylic acid groups (broad SMARTS) is 2. The van der Waals surface area contributed by atoms with Crippen LogP contribution in [0.5, 0.6) is 0 Å². The minimum atomic E-state index is -1.66. The van der Waals surface area contributed by atoms with E-state index in [0.717, 1.165) is 113 Å². The van der Waals surface area contributed by atoms with E-state index in [1.165, 1.54) is 11.1 Å². The maximum atomic E-state index is 14.9. The van der Waals surface area contributed by atoms with Gasteiger partial charge in [0.15, 0.2) is 23.2 Å². The van der Waals surface area contributed by atoms with E-state index >= 15 is 0 Å². The number of aliphatic carboxylic acids is 2. The molecule has 23 heteroatoms. The van der Waals surface area contributed by atoms with Crippen molar-refractivity contribution in [3.05, 3.63) is 74.2 Å². The fourth-order valence-corrected chi connectivity index (χ4v) is 26.7. The van der Waals surface area contributed by atoms with Crippen molar-refractivity contribution >= 4 is 58.6 Å². The Balaban J connectivity index is 0.694. The summed E-state index contributed by atoms with van der Waals surface area (Å²) in [5.74, 6) is 2.00. The van der Waals surface area contributed by atoms with E-state index in [0.29, 0.717) is 116 Å². The van der Waals surface area contributed by atoms with Crippen LogP contribution in [0.2, 0.25) is 10.0 Å². The first kappa shape index (κ1) is 83.6. The summed E-state index contributed by atoms with van der Waals surface area (Å²) in [6, 6.07) is 3.47. The summed E-state index contributed by atoms with van der Waals surface area (Å²) in [5, 5.41) is 40.9. The van der Waals surface area contributed by atoms with Gasteiger partial charge in [-0.1, -0.05) is 131 Å². The molecule has 0 bridgehead atoms. The zero-order chi connectivity index (χ0) is 81.4. The predicted octanol–water partition coefficient (Wildman–Crippen LogP) is 17.1. The lowest BCUT2D eigenvalue weighted by Gasteiger charge is -2.72. The van der Waals surface area contributed by atoms with Crippen LogP contribution in [0, 0.1) is 107 Å². The minimum Gasteiger partial charge on any atom is -0.481 e. The topological polar surface area (TPSA) is 313 Å². The number of carboxylic acids is 2. The van der Waals surface area contributed by atoms with Gasteiger partial charge in [-0.2, -0.15) is 0 Å². The number of carbonyl (C=O) groups excluding carboxylic acids is 4. The van der Waals surface area contributed by atoms with Gasteiger partial charge in [0.25, 0.3) is 0 Å².